The highest BCUT2D eigenvalue weighted by molar-refractivity contribution is 5.76. The minimum absolute atomic E-state index is 0.00910. The molecule has 0 aromatic carbocycles. The van der Waals surface area contributed by atoms with Crippen LogP contribution in [0.15, 0.2) is 0 Å². The number of rotatable bonds is 6. The second kappa shape index (κ2) is 4.84. The molecule has 0 atom stereocenters. The lowest BCUT2D eigenvalue weighted by molar-refractivity contribution is -0.136. The van der Waals surface area contributed by atoms with Gasteiger partial charge in [0.2, 0.25) is 5.91 Å². The van der Waals surface area contributed by atoms with Gasteiger partial charge in [0.15, 0.2) is 0 Å². The van der Waals surface area contributed by atoms with E-state index in [0.29, 0.717) is 6.42 Å². The third-order valence-electron chi connectivity index (χ3n) is 2.14. The predicted molar refractivity (Wildman–Crippen MR) is 47.2 cm³/mol. The lowest BCUT2D eigenvalue weighted by Crippen LogP contribution is -2.25. The van der Waals surface area contributed by atoms with Crippen LogP contribution in [0.2, 0.25) is 0 Å². The zero-order valence-electron chi connectivity index (χ0n) is 7.58. The first kappa shape index (κ1) is 10.0. The van der Waals surface area contributed by atoms with Gasteiger partial charge in [0.05, 0.1) is 6.42 Å². The monoisotopic (exact) mass is 185 g/mol. The van der Waals surface area contributed by atoms with Crippen LogP contribution in [0.5, 0.6) is 0 Å². The van der Waals surface area contributed by atoms with Crippen molar-refractivity contribution in [1.29, 1.82) is 0 Å². The zero-order chi connectivity index (χ0) is 9.68. The largest absolute Gasteiger partial charge is 0.481 e. The SMILES string of the molecule is O=C(O)CCNC(=O)CCC1CC1. The van der Waals surface area contributed by atoms with Gasteiger partial charge in [0.25, 0.3) is 0 Å². The Morgan fingerprint density at radius 2 is 2.00 bits per heavy atom. The Morgan fingerprint density at radius 1 is 1.31 bits per heavy atom. The van der Waals surface area contributed by atoms with Gasteiger partial charge in [-0.25, -0.2) is 0 Å². The standard InChI is InChI=1S/C9H15NO3/c11-8(4-3-7-1-2-7)10-6-5-9(12)13/h7H,1-6H2,(H,10,11)(H,12,13). The summed E-state index contributed by atoms with van der Waals surface area (Å²) in [5, 5.41) is 10.9. The quantitative estimate of drug-likeness (QED) is 0.642. The number of hydrogen-bond donors (Lipinski definition) is 2. The number of nitrogens with one attached hydrogen (secondary N) is 1. The minimum Gasteiger partial charge on any atom is -0.481 e. The van der Waals surface area contributed by atoms with Gasteiger partial charge in [-0.15, -0.1) is 0 Å². The second-order valence-corrected chi connectivity index (χ2v) is 3.48. The summed E-state index contributed by atoms with van der Waals surface area (Å²) < 4.78 is 0. The van der Waals surface area contributed by atoms with Crippen molar-refractivity contribution >= 4 is 11.9 Å². The molecule has 0 saturated heterocycles. The van der Waals surface area contributed by atoms with Crippen LogP contribution in [0.1, 0.15) is 32.1 Å². The molecule has 4 nitrogen and oxygen atoms in total. The van der Waals surface area contributed by atoms with Crippen molar-refractivity contribution in [3.8, 4) is 0 Å². The molecule has 0 unspecified atom stereocenters. The zero-order valence-corrected chi connectivity index (χ0v) is 7.58. The summed E-state index contributed by atoms with van der Waals surface area (Å²) in [5.74, 6) is -0.138. The summed E-state index contributed by atoms with van der Waals surface area (Å²) in [5.41, 5.74) is 0. The van der Waals surface area contributed by atoms with Crippen LogP contribution in [0.4, 0.5) is 0 Å². The Bertz CT molecular complexity index is 199. The summed E-state index contributed by atoms with van der Waals surface area (Å²) >= 11 is 0. The molecule has 0 heterocycles. The van der Waals surface area contributed by atoms with E-state index in [0.717, 1.165) is 12.3 Å². The topological polar surface area (TPSA) is 66.4 Å². The first-order chi connectivity index (χ1) is 6.18. The van der Waals surface area contributed by atoms with Crippen molar-refractivity contribution in [3.63, 3.8) is 0 Å². The van der Waals surface area contributed by atoms with Gasteiger partial charge in [-0.1, -0.05) is 12.8 Å². The molecule has 2 N–H and O–H groups in total. The fourth-order valence-corrected chi connectivity index (χ4v) is 1.14. The molecule has 1 saturated carbocycles. The van der Waals surface area contributed by atoms with Gasteiger partial charge < -0.3 is 10.4 Å². The minimum atomic E-state index is -0.873. The molecule has 13 heavy (non-hydrogen) atoms. The first-order valence-corrected chi connectivity index (χ1v) is 4.67. The summed E-state index contributed by atoms with van der Waals surface area (Å²) in [6.07, 6.45) is 4.02. The van der Waals surface area contributed by atoms with Gasteiger partial charge in [-0.2, -0.15) is 0 Å². The number of carboxylic acid groups (broad SMARTS) is 1. The maximum atomic E-state index is 11.1. The Balaban J connectivity index is 1.93. The van der Waals surface area contributed by atoms with E-state index in [-0.39, 0.29) is 18.9 Å². The Hall–Kier alpha value is -1.06. The van der Waals surface area contributed by atoms with E-state index in [1.165, 1.54) is 12.8 Å². The van der Waals surface area contributed by atoms with E-state index < -0.39 is 5.97 Å². The smallest absolute Gasteiger partial charge is 0.305 e. The summed E-state index contributed by atoms with van der Waals surface area (Å²) in [4.78, 5) is 21.2. The van der Waals surface area contributed by atoms with Crippen LogP contribution in [0, 0.1) is 5.92 Å². The maximum Gasteiger partial charge on any atom is 0.305 e. The van der Waals surface area contributed by atoms with Crippen LogP contribution in [0.25, 0.3) is 0 Å². The first-order valence-electron chi connectivity index (χ1n) is 4.67. The predicted octanol–water partition coefficient (Wildman–Crippen LogP) is 0.767. The van der Waals surface area contributed by atoms with Crippen molar-refractivity contribution < 1.29 is 14.7 Å². The van der Waals surface area contributed by atoms with E-state index in [4.69, 9.17) is 5.11 Å². The molecule has 1 fully saturated rings. The van der Waals surface area contributed by atoms with Crippen LogP contribution >= 0.6 is 0 Å². The molecule has 0 radical (unpaired) electrons. The van der Waals surface area contributed by atoms with E-state index in [2.05, 4.69) is 5.32 Å². The van der Waals surface area contributed by atoms with Gasteiger partial charge in [-0.3, -0.25) is 9.59 Å². The van der Waals surface area contributed by atoms with Crippen LogP contribution < -0.4 is 5.32 Å². The Morgan fingerprint density at radius 3 is 2.54 bits per heavy atom. The molecule has 74 valence electrons. The van der Waals surface area contributed by atoms with Crippen molar-refractivity contribution in [1.82, 2.24) is 5.32 Å². The molecule has 0 spiro atoms. The van der Waals surface area contributed by atoms with Crippen LogP contribution in [-0.4, -0.2) is 23.5 Å². The molecule has 0 bridgehead atoms. The number of amides is 1. The lowest BCUT2D eigenvalue weighted by Gasteiger charge is -2.01. The molecule has 0 aromatic heterocycles. The highest BCUT2D eigenvalue weighted by atomic mass is 16.4. The van der Waals surface area contributed by atoms with Crippen molar-refractivity contribution in [2.24, 2.45) is 5.92 Å². The molecular formula is C9H15NO3. The fraction of sp³-hybridized carbons (Fsp3) is 0.778. The molecule has 1 aliphatic carbocycles. The number of carbonyl (C=O) groups is 2. The van der Waals surface area contributed by atoms with Crippen LogP contribution in [0.3, 0.4) is 0 Å². The van der Waals surface area contributed by atoms with E-state index >= 15 is 0 Å². The average Bonchev–Trinajstić information content (AvgIpc) is 2.83. The van der Waals surface area contributed by atoms with Gasteiger partial charge >= 0.3 is 5.97 Å². The van der Waals surface area contributed by atoms with Crippen molar-refractivity contribution in [3.05, 3.63) is 0 Å². The lowest BCUT2D eigenvalue weighted by atomic mass is 10.2. The highest BCUT2D eigenvalue weighted by Crippen LogP contribution is 2.33. The molecule has 1 amide bonds. The summed E-state index contributed by atoms with van der Waals surface area (Å²) in [6.45, 7) is 0.249. The fourth-order valence-electron chi connectivity index (χ4n) is 1.14. The van der Waals surface area contributed by atoms with Gasteiger partial charge in [0.1, 0.15) is 0 Å². The molecular weight excluding hydrogens is 170 g/mol. The summed E-state index contributed by atoms with van der Waals surface area (Å²) in [6, 6.07) is 0. The molecule has 1 aliphatic rings. The molecule has 0 aromatic rings. The van der Waals surface area contributed by atoms with Crippen molar-refractivity contribution in [2.75, 3.05) is 6.54 Å². The number of carbonyl (C=O) groups excluding carboxylic acids is 1. The maximum absolute atomic E-state index is 11.1. The van der Waals surface area contributed by atoms with Gasteiger partial charge in [0, 0.05) is 13.0 Å². The van der Waals surface area contributed by atoms with E-state index in [1.54, 1.807) is 0 Å². The third kappa shape index (κ3) is 5.22. The third-order valence-corrected chi connectivity index (χ3v) is 2.14. The van der Waals surface area contributed by atoms with Gasteiger partial charge in [-0.05, 0) is 12.3 Å². The Kier molecular flexibility index (Phi) is 3.73. The molecule has 4 heteroatoms. The van der Waals surface area contributed by atoms with Crippen molar-refractivity contribution in [2.45, 2.75) is 32.1 Å². The normalized spacial score (nSPS) is 15.4. The second-order valence-electron chi connectivity index (χ2n) is 3.48. The molecule has 1 rings (SSSR count). The number of aliphatic carboxylic acids is 1. The van der Waals surface area contributed by atoms with Crippen LogP contribution in [-0.2, 0) is 9.59 Å². The number of hydrogen-bond acceptors (Lipinski definition) is 2. The Labute approximate surface area is 77.3 Å². The average molecular weight is 185 g/mol. The number of carboxylic acids is 1. The summed E-state index contributed by atoms with van der Waals surface area (Å²) in [7, 11) is 0. The molecule has 0 aliphatic heterocycles. The van der Waals surface area contributed by atoms with E-state index in [1.807, 2.05) is 0 Å². The highest BCUT2D eigenvalue weighted by Gasteiger charge is 2.21. The van der Waals surface area contributed by atoms with E-state index in [9.17, 15) is 9.59 Å².